The molecule has 1 aromatic heterocycles. The van der Waals surface area contributed by atoms with E-state index in [0.717, 1.165) is 5.56 Å². The number of carbonyl (C=O) groups excluding carboxylic acids is 1. The van der Waals surface area contributed by atoms with E-state index in [1.165, 1.54) is 18.2 Å². The van der Waals surface area contributed by atoms with Gasteiger partial charge >= 0.3 is 0 Å². The van der Waals surface area contributed by atoms with Crippen LogP contribution in [-0.2, 0) is 16.6 Å². The summed E-state index contributed by atoms with van der Waals surface area (Å²) in [7, 11) is -4.03. The van der Waals surface area contributed by atoms with Crippen LogP contribution >= 0.6 is 11.6 Å². The van der Waals surface area contributed by atoms with E-state index in [9.17, 15) is 13.2 Å². The Morgan fingerprint density at radius 1 is 1.00 bits per heavy atom. The fourth-order valence-electron chi connectivity index (χ4n) is 2.92. The van der Waals surface area contributed by atoms with Crippen LogP contribution in [0.4, 0.5) is 5.69 Å². The van der Waals surface area contributed by atoms with Crippen LogP contribution in [0.3, 0.4) is 0 Å². The lowest BCUT2D eigenvalue weighted by Gasteiger charge is -2.12. The van der Waals surface area contributed by atoms with Crippen molar-refractivity contribution in [3.8, 4) is 11.6 Å². The van der Waals surface area contributed by atoms with Gasteiger partial charge in [0, 0.05) is 30.1 Å². The number of hydrogen-bond donors (Lipinski definition) is 2. The van der Waals surface area contributed by atoms with Crippen molar-refractivity contribution >= 4 is 33.2 Å². The molecule has 0 radical (unpaired) electrons. The van der Waals surface area contributed by atoms with Gasteiger partial charge < -0.3 is 14.8 Å². The second kappa shape index (κ2) is 11.0. The molecule has 0 aliphatic carbocycles. The normalized spacial score (nSPS) is 11.0. The molecule has 2 N–H and O–H groups in total. The average molecular weight is 490 g/mol. The third-order valence-corrected chi connectivity index (χ3v) is 6.31. The van der Waals surface area contributed by atoms with E-state index in [-0.39, 0.29) is 22.0 Å². The molecule has 0 spiro atoms. The van der Waals surface area contributed by atoms with Crippen LogP contribution in [0.1, 0.15) is 29.8 Å². The smallest absolute Gasteiger partial charge is 0.263 e. The number of nitrogens with zero attached hydrogens (tertiary/aromatic N) is 1. The van der Waals surface area contributed by atoms with Gasteiger partial charge in [-0.25, -0.2) is 13.4 Å². The zero-order valence-corrected chi connectivity index (χ0v) is 19.7. The van der Waals surface area contributed by atoms with Gasteiger partial charge in [0.25, 0.3) is 15.9 Å². The minimum Gasteiger partial charge on any atom is -0.494 e. The number of sulfonamides is 1. The third-order valence-electron chi connectivity index (χ3n) is 4.44. The van der Waals surface area contributed by atoms with E-state index in [2.05, 4.69) is 15.0 Å². The highest BCUT2D eigenvalue weighted by atomic mass is 35.5. The number of ether oxygens (including phenoxy) is 2. The molecular formula is C23H24ClN3O5S. The lowest BCUT2D eigenvalue weighted by molar-refractivity contribution is 0.0950. The first-order valence-corrected chi connectivity index (χ1v) is 12.1. The molecule has 2 aromatic carbocycles. The van der Waals surface area contributed by atoms with Gasteiger partial charge in [-0.2, -0.15) is 0 Å². The molecule has 1 heterocycles. The number of carbonyl (C=O) groups is 1. The van der Waals surface area contributed by atoms with Gasteiger partial charge in [-0.1, -0.05) is 11.6 Å². The highest BCUT2D eigenvalue weighted by Gasteiger charge is 2.20. The molecule has 3 rings (SSSR count). The van der Waals surface area contributed by atoms with Crippen molar-refractivity contribution in [2.24, 2.45) is 0 Å². The highest BCUT2D eigenvalue weighted by Crippen LogP contribution is 2.26. The maximum absolute atomic E-state index is 12.9. The predicted molar refractivity (Wildman–Crippen MR) is 126 cm³/mol. The SMILES string of the molecule is CCOc1ccc(NS(=O)(=O)c2cc(C(=O)NCc3ccnc(OCC)c3)ccc2Cl)cc1. The van der Waals surface area contributed by atoms with Gasteiger partial charge in [-0.15, -0.1) is 0 Å². The van der Waals surface area contributed by atoms with E-state index >= 15 is 0 Å². The highest BCUT2D eigenvalue weighted by molar-refractivity contribution is 7.92. The predicted octanol–water partition coefficient (Wildman–Crippen LogP) is 4.26. The molecule has 3 aromatic rings. The van der Waals surface area contributed by atoms with Crippen molar-refractivity contribution in [3.63, 3.8) is 0 Å². The van der Waals surface area contributed by atoms with Crippen LogP contribution in [-0.4, -0.2) is 32.5 Å². The molecule has 0 atom stereocenters. The first-order valence-electron chi connectivity index (χ1n) is 10.2. The largest absolute Gasteiger partial charge is 0.494 e. The summed E-state index contributed by atoms with van der Waals surface area (Å²) in [4.78, 5) is 16.5. The number of benzene rings is 2. The van der Waals surface area contributed by atoms with Gasteiger partial charge in [0.2, 0.25) is 5.88 Å². The van der Waals surface area contributed by atoms with Gasteiger partial charge in [0.1, 0.15) is 10.6 Å². The molecule has 33 heavy (non-hydrogen) atoms. The Balaban J connectivity index is 1.73. The molecule has 0 unspecified atom stereocenters. The molecule has 0 aliphatic heterocycles. The maximum atomic E-state index is 12.9. The number of anilines is 1. The Hall–Kier alpha value is -3.30. The van der Waals surface area contributed by atoms with Crippen LogP contribution in [0.2, 0.25) is 5.02 Å². The first-order chi connectivity index (χ1) is 15.8. The fourth-order valence-corrected chi connectivity index (χ4v) is 4.50. The number of pyridine rings is 1. The van der Waals surface area contributed by atoms with Crippen LogP contribution in [0.5, 0.6) is 11.6 Å². The number of rotatable bonds is 10. The monoisotopic (exact) mass is 489 g/mol. The topological polar surface area (TPSA) is 107 Å². The van der Waals surface area contributed by atoms with E-state index in [4.69, 9.17) is 21.1 Å². The molecule has 1 amide bonds. The number of halogens is 1. The molecule has 0 saturated heterocycles. The van der Waals surface area contributed by atoms with Crippen molar-refractivity contribution in [1.82, 2.24) is 10.3 Å². The van der Waals surface area contributed by atoms with Gasteiger partial charge in [-0.3, -0.25) is 9.52 Å². The van der Waals surface area contributed by atoms with Gasteiger partial charge in [0.05, 0.1) is 18.2 Å². The first kappa shape index (κ1) is 24.3. The molecule has 0 fully saturated rings. The Labute approximate surface area is 198 Å². The van der Waals surface area contributed by atoms with Crippen LogP contribution in [0.25, 0.3) is 0 Å². The maximum Gasteiger partial charge on any atom is 0.263 e. The van der Waals surface area contributed by atoms with Crippen molar-refractivity contribution in [2.75, 3.05) is 17.9 Å². The summed E-state index contributed by atoms with van der Waals surface area (Å²) in [5.74, 6) is 0.642. The zero-order chi connectivity index (χ0) is 23.8. The summed E-state index contributed by atoms with van der Waals surface area (Å²) in [5.41, 5.74) is 1.29. The Bertz CT molecular complexity index is 1220. The summed E-state index contributed by atoms with van der Waals surface area (Å²) >= 11 is 6.15. The average Bonchev–Trinajstić information content (AvgIpc) is 2.79. The molecule has 174 valence electrons. The molecule has 10 heteroatoms. The Morgan fingerprint density at radius 3 is 2.42 bits per heavy atom. The fraction of sp³-hybridized carbons (Fsp3) is 0.217. The van der Waals surface area contributed by atoms with Crippen LogP contribution in [0, 0.1) is 0 Å². The lowest BCUT2D eigenvalue weighted by Crippen LogP contribution is -2.23. The Morgan fingerprint density at radius 2 is 1.73 bits per heavy atom. The third kappa shape index (κ3) is 6.59. The molecule has 8 nitrogen and oxygen atoms in total. The van der Waals surface area contributed by atoms with E-state index in [1.807, 2.05) is 13.8 Å². The summed E-state index contributed by atoms with van der Waals surface area (Å²) in [6.07, 6.45) is 1.59. The number of aromatic nitrogens is 1. The molecule has 0 bridgehead atoms. The summed E-state index contributed by atoms with van der Waals surface area (Å²) < 4.78 is 39.0. The van der Waals surface area contributed by atoms with Gasteiger partial charge in [0.15, 0.2) is 0 Å². The van der Waals surface area contributed by atoms with Crippen molar-refractivity contribution < 1.29 is 22.7 Å². The second-order valence-corrected chi connectivity index (χ2v) is 8.88. The summed E-state index contributed by atoms with van der Waals surface area (Å²) in [6, 6.07) is 14.0. The summed E-state index contributed by atoms with van der Waals surface area (Å²) in [5, 5.41) is 2.76. The number of nitrogens with one attached hydrogen (secondary N) is 2. The van der Waals surface area contributed by atoms with Crippen molar-refractivity contribution in [3.05, 3.63) is 76.9 Å². The summed E-state index contributed by atoms with van der Waals surface area (Å²) in [6.45, 7) is 4.92. The van der Waals surface area contributed by atoms with E-state index in [0.29, 0.717) is 30.5 Å². The van der Waals surface area contributed by atoms with Crippen molar-refractivity contribution in [1.29, 1.82) is 0 Å². The quantitative estimate of drug-likeness (QED) is 0.440. The van der Waals surface area contributed by atoms with E-state index < -0.39 is 15.9 Å². The van der Waals surface area contributed by atoms with Crippen molar-refractivity contribution in [2.45, 2.75) is 25.3 Å². The lowest BCUT2D eigenvalue weighted by atomic mass is 10.2. The van der Waals surface area contributed by atoms with E-state index in [1.54, 1.807) is 42.6 Å². The number of amides is 1. The standard InChI is InChI=1S/C23H24ClN3O5S/c1-3-31-19-8-6-18(7-9-19)27-33(29,30)21-14-17(5-10-20(21)24)23(28)26-15-16-11-12-25-22(13-16)32-4-2/h5-14,27H,3-4,15H2,1-2H3,(H,26,28). The molecule has 0 aliphatic rings. The van der Waals surface area contributed by atoms with Crippen LogP contribution in [0.15, 0.2) is 65.7 Å². The second-order valence-electron chi connectivity index (χ2n) is 6.83. The molecule has 0 saturated carbocycles. The number of hydrogen-bond acceptors (Lipinski definition) is 6. The molecular weight excluding hydrogens is 466 g/mol. The van der Waals surface area contributed by atoms with Gasteiger partial charge in [-0.05, 0) is 67.9 Å². The zero-order valence-electron chi connectivity index (χ0n) is 18.2. The Kier molecular flexibility index (Phi) is 8.13. The minimum absolute atomic E-state index is 0.000441. The van der Waals surface area contributed by atoms with Crippen LogP contribution < -0.4 is 19.5 Å². The minimum atomic E-state index is -4.03.